The quantitative estimate of drug-likeness (QED) is 0.513. The van der Waals surface area contributed by atoms with Crippen molar-refractivity contribution in [3.63, 3.8) is 0 Å². The third-order valence-corrected chi connectivity index (χ3v) is 6.74. The van der Waals surface area contributed by atoms with Crippen molar-refractivity contribution in [3.8, 4) is 0 Å². The van der Waals surface area contributed by atoms with Gasteiger partial charge >= 0.3 is 5.92 Å². The van der Waals surface area contributed by atoms with Gasteiger partial charge in [-0.2, -0.15) is 8.78 Å². The number of carbonyl (C=O) groups is 1. The van der Waals surface area contributed by atoms with Crippen LogP contribution in [-0.4, -0.2) is 29.3 Å². The summed E-state index contributed by atoms with van der Waals surface area (Å²) in [7, 11) is 0. The van der Waals surface area contributed by atoms with E-state index in [2.05, 4.69) is 31.1 Å². The summed E-state index contributed by atoms with van der Waals surface area (Å²) < 4.78 is 29.9. The molecule has 3 nitrogen and oxygen atoms in total. The number of rotatable bonds is 6. The lowest BCUT2D eigenvalue weighted by atomic mass is 9.73. The van der Waals surface area contributed by atoms with Gasteiger partial charge < -0.3 is 5.32 Å². The smallest absolute Gasteiger partial charge is 0.318 e. The number of thioether (sulfide) groups is 2. The molecule has 0 radical (unpaired) electrons. The van der Waals surface area contributed by atoms with Gasteiger partial charge in [-0.05, 0) is 68.9 Å². The van der Waals surface area contributed by atoms with Gasteiger partial charge in [0.25, 0.3) is 5.91 Å². The number of hydrogen-bond donors (Lipinski definition) is 1. The molecule has 158 valence electrons. The molecule has 2 rings (SSSR count). The van der Waals surface area contributed by atoms with Crippen LogP contribution in [0.3, 0.4) is 0 Å². The molecule has 0 spiro atoms. The fraction of sp³-hybridized carbons (Fsp3) is 0.714. The summed E-state index contributed by atoms with van der Waals surface area (Å²) in [4.78, 5) is 17.7. The van der Waals surface area contributed by atoms with E-state index in [1.807, 2.05) is 25.5 Å². The minimum atomic E-state index is -3.37. The maximum absolute atomic E-state index is 15.0. The zero-order chi connectivity index (χ0) is 21.1. The number of nitrogens with zero attached hydrogens (tertiary/aromatic N) is 1. The SMILES string of the molecule is CSc1cc(C)nc(SC)c1NC(=O)C(F)(F)C1CCC(CC(C)(C)C)CC1. The largest absolute Gasteiger partial charge is 0.327 e. The molecule has 0 atom stereocenters. The van der Waals surface area contributed by atoms with Gasteiger partial charge in [-0.1, -0.05) is 20.8 Å². The standard InChI is InChI=1S/C21H32F2N2OS2/c1-13-11-16(27-5)17(18(24-13)28-6)25-19(26)21(22,23)15-9-7-14(8-10-15)12-20(2,3)4/h11,14-15H,7-10,12H2,1-6H3,(H,25,26). The van der Waals surface area contributed by atoms with E-state index in [4.69, 9.17) is 0 Å². The van der Waals surface area contributed by atoms with Gasteiger partial charge in [0.2, 0.25) is 0 Å². The second-order valence-corrected chi connectivity index (χ2v) is 10.6. The first-order valence-electron chi connectivity index (χ1n) is 9.76. The molecule has 1 aliphatic carbocycles. The maximum Gasteiger partial charge on any atom is 0.327 e. The molecule has 0 bridgehead atoms. The highest BCUT2D eigenvalue weighted by Gasteiger charge is 2.48. The summed E-state index contributed by atoms with van der Waals surface area (Å²) in [6, 6.07) is 1.82. The monoisotopic (exact) mass is 430 g/mol. The number of carbonyl (C=O) groups excluding carboxylic acids is 1. The van der Waals surface area contributed by atoms with Gasteiger partial charge in [0.1, 0.15) is 5.03 Å². The van der Waals surface area contributed by atoms with Crippen LogP contribution in [0.1, 0.15) is 58.6 Å². The highest BCUT2D eigenvalue weighted by atomic mass is 32.2. The Morgan fingerprint density at radius 1 is 1.18 bits per heavy atom. The highest BCUT2D eigenvalue weighted by Crippen LogP contribution is 2.43. The van der Waals surface area contributed by atoms with Crippen LogP contribution in [0.4, 0.5) is 14.5 Å². The van der Waals surface area contributed by atoms with Crippen LogP contribution in [0, 0.1) is 24.2 Å². The predicted molar refractivity (Wildman–Crippen MR) is 116 cm³/mol. The van der Waals surface area contributed by atoms with Crippen LogP contribution >= 0.6 is 23.5 Å². The van der Waals surface area contributed by atoms with Gasteiger partial charge in [0, 0.05) is 16.5 Å². The van der Waals surface area contributed by atoms with Gasteiger partial charge in [-0.15, -0.1) is 23.5 Å². The number of hydrogen-bond acceptors (Lipinski definition) is 4. The van der Waals surface area contributed by atoms with E-state index in [1.165, 1.54) is 23.5 Å². The molecule has 1 aromatic heterocycles. The molecule has 28 heavy (non-hydrogen) atoms. The number of amides is 1. The zero-order valence-corrected chi connectivity index (χ0v) is 19.3. The van der Waals surface area contributed by atoms with E-state index >= 15 is 0 Å². The number of nitrogens with one attached hydrogen (secondary N) is 1. The van der Waals surface area contributed by atoms with Crippen molar-refractivity contribution in [2.45, 2.75) is 75.6 Å². The van der Waals surface area contributed by atoms with Gasteiger partial charge in [-0.25, -0.2) is 4.98 Å². The Labute approximate surface area is 176 Å². The van der Waals surface area contributed by atoms with Crippen molar-refractivity contribution in [3.05, 3.63) is 11.8 Å². The van der Waals surface area contributed by atoms with Crippen LogP contribution in [0.15, 0.2) is 16.0 Å². The third kappa shape index (κ3) is 5.85. The van der Waals surface area contributed by atoms with Gasteiger partial charge in [-0.3, -0.25) is 4.79 Å². The third-order valence-electron chi connectivity index (χ3n) is 5.29. The number of aromatic nitrogens is 1. The highest BCUT2D eigenvalue weighted by molar-refractivity contribution is 7.99. The van der Waals surface area contributed by atoms with E-state index in [1.54, 1.807) is 0 Å². The van der Waals surface area contributed by atoms with Crippen molar-refractivity contribution < 1.29 is 13.6 Å². The number of alkyl halides is 2. The molecule has 1 heterocycles. The number of pyridine rings is 1. The minimum absolute atomic E-state index is 0.207. The Morgan fingerprint density at radius 3 is 2.29 bits per heavy atom. The molecule has 1 N–H and O–H groups in total. The van der Waals surface area contributed by atoms with Crippen molar-refractivity contribution in [1.82, 2.24) is 4.98 Å². The van der Waals surface area contributed by atoms with Crippen LogP contribution in [0.2, 0.25) is 0 Å². The molecule has 1 aromatic rings. The van der Waals surface area contributed by atoms with Crippen molar-refractivity contribution >= 4 is 35.1 Å². The average molecular weight is 431 g/mol. The Hall–Kier alpha value is -0.820. The fourth-order valence-corrected chi connectivity index (χ4v) is 5.32. The first-order chi connectivity index (χ1) is 13.0. The number of aryl methyl sites for hydroxylation is 1. The Morgan fingerprint density at radius 2 is 1.79 bits per heavy atom. The molecule has 1 aliphatic rings. The first kappa shape index (κ1) is 23.5. The predicted octanol–water partition coefficient (Wildman–Crippen LogP) is 6.65. The van der Waals surface area contributed by atoms with E-state index in [0.717, 1.165) is 29.9 Å². The second kappa shape index (κ2) is 9.33. The topological polar surface area (TPSA) is 42.0 Å². The van der Waals surface area contributed by atoms with Crippen LogP contribution in [0.5, 0.6) is 0 Å². The molecule has 7 heteroatoms. The second-order valence-electron chi connectivity index (χ2n) is 8.91. The zero-order valence-electron chi connectivity index (χ0n) is 17.7. The Kier molecular flexibility index (Phi) is 7.82. The van der Waals surface area contributed by atoms with Crippen molar-refractivity contribution in [2.75, 3.05) is 17.8 Å². The fourth-order valence-electron chi connectivity index (χ4n) is 4.02. The lowest BCUT2D eigenvalue weighted by Crippen LogP contribution is -2.43. The lowest BCUT2D eigenvalue weighted by molar-refractivity contribution is -0.150. The molecule has 0 unspecified atom stereocenters. The Bertz CT molecular complexity index is 671. The average Bonchev–Trinajstić information content (AvgIpc) is 2.61. The van der Waals surface area contributed by atoms with Crippen LogP contribution in [-0.2, 0) is 4.79 Å². The molecule has 0 saturated heterocycles. The van der Waals surface area contributed by atoms with E-state index in [0.29, 0.717) is 29.5 Å². The molecule has 0 aromatic carbocycles. The molecule has 1 saturated carbocycles. The minimum Gasteiger partial charge on any atom is -0.318 e. The van der Waals surface area contributed by atoms with E-state index in [9.17, 15) is 13.6 Å². The van der Waals surface area contributed by atoms with Crippen molar-refractivity contribution in [1.29, 1.82) is 0 Å². The summed E-state index contributed by atoms with van der Waals surface area (Å²) in [5, 5.41) is 3.07. The molecule has 0 aliphatic heterocycles. The van der Waals surface area contributed by atoms with Crippen molar-refractivity contribution in [2.24, 2.45) is 17.3 Å². The van der Waals surface area contributed by atoms with Gasteiger partial charge in [0.15, 0.2) is 0 Å². The van der Waals surface area contributed by atoms with Gasteiger partial charge in [0.05, 0.1) is 5.69 Å². The van der Waals surface area contributed by atoms with E-state index in [-0.39, 0.29) is 5.41 Å². The Balaban J connectivity index is 2.10. The summed E-state index contributed by atoms with van der Waals surface area (Å²) in [6.07, 6.45) is 7.07. The first-order valence-corrected chi connectivity index (χ1v) is 12.2. The van der Waals surface area contributed by atoms with Crippen LogP contribution in [0.25, 0.3) is 0 Å². The van der Waals surface area contributed by atoms with Crippen LogP contribution < -0.4 is 5.32 Å². The summed E-state index contributed by atoms with van der Waals surface area (Å²) >= 11 is 2.77. The molecular weight excluding hydrogens is 398 g/mol. The summed E-state index contributed by atoms with van der Waals surface area (Å²) in [5.74, 6) is -4.99. The number of halogens is 2. The molecule has 1 amide bonds. The normalized spacial score (nSPS) is 20.9. The van der Waals surface area contributed by atoms with E-state index < -0.39 is 17.7 Å². The summed E-state index contributed by atoms with van der Waals surface area (Å²) in [5.41, 5.74) is 1.41. The number of anilines is 1. The maximum atomic E-state index is 15.0. The lowest BCUT2D eigenvalue weighted by Gasteiger charge is -2.35. The molecular formula is C21H32F2N2OS2. The molecule has 1 fully saturated rings. The summed E-state index contributed by atoms with van der Waals surface area (Å²) in [6.45, 7) is 8.41.